The first-order valence-electron chi connectivity index (χ1n) is 8.18. The number of carbonyl (C=O) groups is 3. The minimum absolute atomic E-state index is 0.685. The SMILES string of the molecule is CC(C)(C)OC(=O)N[C@@H](CC(=O)N[C@H]1O[C@H](CO)[C@@H](O)[C@H](O)[C@H]1O)C(=O)O. The Balaban J connectivity index is 2.69. The van der Waals surface area contributed by atoms with Crippen LogP contribution in [0.1, 0.15) is 27.2 Å². The molecule has 12 heteroatoms. The largest absolute Gasteiger partial charge is 0.480 e. The number of amides is 2. The molecule has 7 N–H and O–H groups in total. The van der Waals surface area contributed by atoms with E-state index in [1.165, 1.54) is 0 Å². The van der Waals surface area contributed by atoms with E-state index in [4.69, 9.17) is 19.7 Å². The lowest BCUT2D eigenvalue weighted by atomic mass is 9.98. The number of carboxylic acids is 1. The van der Waals surface area contributed by atoms with E-state index in [1.54, 1.807) is 20.8 Å². The van der Waals surface area contributed by atoms with Crippen LogP contribution in [0.5, 0.6) is 0 Å². The number of aliphatic carboxylic acids is 1. The number of carbonyl (C=O) groups excluding carboxylic acids is 2. The molecule has 6 atom stereocenters. The number of nitrogens with one attached hydrogen (secondary N) is 2. The van der Waals surface area contributed by atoms with Gasteiger partial charge in [0.1, 0.15) is 36.1 Å². The third kappa shape index (κ3) is 6.92. The maximum Gasteiger partial charge on any atom is 0.408 e. The fraction of sp³-hybridized carbons (Fsp3) is 0.800. The summed E-state index contributed by atoms with van der Waals surface area (Å²) in [7, 11) is 0. The third-order valence-electron chi connectivity index (χ3n) is 3.57. The van der Waals surface area contributed by atoms with Crippen molar-refractivity contribution in [1.82, 2.24) is 10.6 Å². The molecule has 0 aromatic heterocycles. The standard InChI is InChI=1S/C15H26N2O10/c1-15(2,3)27-14(25)16-6(13(23)24)4-8(19)17-12-11(22)10(21)9(20)7(5-18)26-12/h6-7,9-12,18,20-22H,4-5H2,1-3H3,(H,16,25)(H,17,19)(H,23,24)/t6-,7+,9+,10-,11+,12-/m0/s1. The average Bonchev–Trinajstić information content (AvgIpc) is 2.52. The topological polar surface area (TPSA) is 195 Å². The van der Waals surface area contributed by atoms with E-state index in [9.17, 15) is 29.7 Å². The van der Waals surface area contributed by atoms with Gasteiger partial charge in [-0.3, -0.25) is 4.79 Å². The Morgan fingerprint density at radius 1 is 1.11 bits per heavy atom. The third-order valence-corrected chi connectivity index (χ3v) is 3.57. The summed E-state index contributed by atoms with van der Waals surface area (Å²) in [6, 6.07) is -1.62. The van der Waals surface area contributed by atoms with Gasteiger partial charge in [0.05, 0.1) is 13.0 Å². The van der Waals surface area contributed by atoms with E-state index in [2.05, 4.69) is 5.32 Å². The van der Waals surface area contributed by atoms with E-state index in [0.29, 0.717) is 0 Å². The van der Waals surface area contributed by atoms with Crippen molar-refractivity contribution in [1.29, 1.82) is 0 Å². The van der Waals surface area contributed by atoms with Crippen LogP contribution in [0, 0.1) is 0 Å². The second-order valence-electron chi connectivity index (χ2n) is 7.06. The van der Waals surface area contributed by atoms with Crippen LogP contribution in [0.3, 0.4) is 0 Å². The number of rotatable bonds is 6. The summed E-state index contributed by atoms with van der Waals surface area (Å²) < 4.78 is 10.0. The van der Waals surface area contributed by atoms with Crippen molar-refractivity contribution in [2.24, 2.45) is 0 Å². The van der Waals surface area contributed by atoms with Crippen LogP contribution in [-0.2, 0) is 19.1 Å². The molecule has 0 unspecified atom stereocenters. The lowest BCUT2D eigenvalue weighted by Gasteiger charge is -2.40. The molecule has 1 heterocycles. The summed E-state index contributed by atoms with van der Waals surface area (Å²) in [4.78, 5) is 35.0. The summed E-state index contributed by atoms with van der Waals surface area (Å²) in [5.74, 6) is -2.42. The zero-order valence-corrected chi connectivity index (χ0v) is 15.2. The van der Waals surface area contributed by atoms with Crippen molar-refractivity contribution in [3.8, 4) is 0 Å². The van der Waals surface area contributed by atoms with E-state index < -0.39 is 73.3 Å². The molecule has 0 aromatic carbocycles. The number of aliphatic hydroxyl groups excluding tert-OH is 4. The van der Waals surface area contributed by atoms with Crippen molar-refractivity contribution in [3.63, 3.8) is 0 Å². The molecule has 1 rings (SSSR count). The molecule has 0 aromatic rings. The maximum atomic E-state index is 12.1. The van der Waals surface area contributed by atoms with E-state index in [-0.39, 0.29) is 0 Å². The molecule has 156 valence electrons. The monoisotopic (exact) mass is 394 g/mol. The van der Waals surface area contributed by atoms with Gasteiger partial charge < -0.3 is 45.6 Å². The number of hydrogen-bond acceptors (Lipinski definition) is 9. The highest BCUT2D eigenvalue weighted by Crippen LogP contribution is 2.19. The first-order chi connectivity index (χ1) is 12.4. The first kappa shape index (κ1) is 23.0. The van der Waals surface area contributed by atoms with E-state index in [0.717, 1.165) is 0 Å². The number of ether oxygens (including phenoxy) is 2. The van der Waals surface area contributed by atoms with E-state index >= 15 is 0 Å². The normalized spacial score (nSPS) is 29.5. The zero-order chi connectivity index (χ0) is 20.9. The van der Waals surface area contributed by atoms with Gasteiger partial charge in [0.15, 0.2) is 6.23 Å². The summed E-state index contributed by atoms with van der Waals surface area (Å²) in [6.07, 6.45) is -9.49. The van der Waals surface area contributed by atoms with Crippen LogP contribution in [0.2, 0.25) is 0 Å². The fourth-order valence-electron chi connectivity index (χ4n) is 2.27. The zero-order valence-electron chi connectivity index (χ0n) is 15.2. The van der Waals surface area contributed by atoms with Crippen molar-refractivity contribution in [2.75, 3.05) is 6.61 Å². The Morgan fingerprint density at radius 2 is 1.70 bits per heavy atom. The molecule has 27 heavy (non-hydrogen) atoms. The van der Waals surface area contributed by atoms with Gasteiger partial charge in [0, 0.05) is 0 Å². The summed E-state index contributed by atoms with van der Waals surface area (Å²) in [6.45, 7) is 4.05. The van der Waals surface area contributed by atoms with Gasteiger partial charge >= 0.3 is 12.1 Å². The smallest absolute Gasteiger partial charge is 0.408 e. The second-order valence-corrected chi connectivity index (χ2v) is 7.06. The fourth-order valence-corrected chi connectivity index (χ4v) is 2.27. The molecule has 2 amide bonds. The van der Waals surface area contributed by atoms with Gasteiger partial charge in [-0.2, -0.15) is 0 Å². The maximum absolute atomic E-state index is 12.1. The Morgan fingerprint density at radius 3 is 2.19 bits per heavy atom. The Kier molecular flexibility index (Phi) is 7.92. The van der Waals surface area contributed by atoms with Crippen LogP contribution in [0.25, 0.3) is 0 Å². The van der Waals surface area contributed by atoms with Gasteiger partial charge in [0.25, 0.3) is 0 Å². The minimum atomic E-state index is -1.71. The Bertz CT molecular complexity index is 547. The van der Waals surface area contributed by atoms with Gasteiger partial charge in [0.2, 0.25) is 5.91 Å². The molecule has 0 bridgehead atoms. The van der Waals surface area contributed by atoms with Gasteiger partial charge in [-0.05, 0) is 20.8 Å². The van der Waals surface area contributed by atoms with Crippen LogP contribution in [0.15, 0.2) is 0 Å². The Labute approximate surface area is 155 Å². The van der Waals surface area contributed by atoms with Crippen LogP contribution in [-0.4, -0.2) is 92.4 Å². The molecular weight excluding hydrogens is 368 g/mol. The number of hydrogen-bond donors (Lipinski definition) is 7. The van der Waals surface area contributed by atoms with Gasteiger partial charge in [-0.1, -0.05) is 0 Å². The molecule has 1 fully saturated rings. The Hall–Kier alpha value is -1.99. The highest BCUT2D eigenvalue weighted by atomic mass is 16.6. The van der Waals surface area contributed by atoms with Crippen molar-refractivity contribution in [3.05, 3.63) is 0 Å². The summed E-state index contributed by atoms with van der Waals surface area (Å²) in [5, 5.41) is 51.6. The molecule has 0 spiro atoms. The number of alkyl carbamates (subject to hydrolysis) is 1. The lowest BCUT2D eigenvalue weighted by Crippen LogP contribution is -2.63. The highest BCUT2D eigenvalue weighted by Gasteiger charge is 2.44. The van der Waals surface area contributed by atoms with Crippen LogP contribution in [0.4, 0.5) is 4.79 Å². The highest BCUT2D eigenvalue weighted by molar-refractivity contribution is 5.87. The minimum Gasteiger partial charge on any atom is -0.480 e. The quantitative estimate of drug-likeness (QED) is 0.248. The number of aliphatic hydroxyl groups is 4. The lowest BCUT2D eigenvalue weighted by molar-refractivity contribution is -0.236. The average molecular weight is 394 g/mol. The van der Waals surface area contributed by atoms with Crippen LogP contribution >= 0.6 is 0 Å². The molecule has 0 aliphatic carbocycles. The van der Waals surface area contributed by atoms with E-state index in [1.807, 2.05) is 5.32 Å². The van der Waals surface area contributed by atoms with Gasteiger partial charge in [-0.15, -0.1) is 0 Å². The molecule has 1 saturated heterocycles. The summed E-state index contributed by atoms with van der Waals surface area (Å²) in [5.41, 5.74) is -0.869. The van der Waals surface area contributed by atoms with Crippen LogP contribution < -0.4 is 10.6 Å². The number of carboxylic acid groups (broad SMARTS) is 1. The second kappa shape index (κ2) is 9.28. The molecule has 1 aliphatic rings. The summed E-state index contributed by atoms with van der Waals surface area (Å²) >= 11 is 0. The first-order valence-corrected chi connectivity index (χ1v) is 8.18. The molecular formula is C15H26N2O10. The molecule has 0 saturated carbocycles. The van der Waals surface area contributed by atoms with Crippen molar-refractivity contribution in [2.45, 2.75) is 69.5 Å². The molecule has 12 nitrogen and oxygen atoms in total. The molecule has 0 radical (unpaired) electrons. The predicted molar refractivity (Wildman–Crippen MR) is 87.3 cm³/mol. The van der Waals surface area contributed by atoms with Crippen molar-refractivity contribution >= 4 is 18.0 Å². The van der Waals surface area contributed by atoms with Gasteiger partial charge in [-0.25, -0.2) is 9.59 Å². The van der Waals surface area contributed by atoms with Crippen molar-refractivity contribution < 1.29 is 49.4 Å². The predicted octanol–water partition coefficient (Wildman–Crippen LogP) is -2.73. The molecule has 1 aliphatic heterocycles.